The van der Waals surface area contributed by atoms with E-state index < -0.39 is 0 Å². The molecule has 0 heterocycles. The second-order valence-corrected chi connectivity index (χ2v) is 5.40. The fourth-order valence-electron chi connectivity index (χ4n) is 2.45. The summed E-state index contributed by atoms with van der Waals surface area (Å²) in [5.41, 5.74) is 3.79. The molecule has 1 nitrogen and oxygen atoms in total. The van der Waals surface area contributed by atoms with Crippen LogP contribution in [0.1, 0.15) is 42.6 Å². The minimum atomic E-state index is 0.225. The minimum absolute atomic E-state index is 0.225. The fourth-order valence-corrected chi connectivity index (χ4v) is 2.75. The van der Waals surface area contributed by atoms with Gasteiger partial charge in [-0.25, -0.2) is 0 Å². The second kappa shape index (κ2) is 6.23. The van der Waals surface area contributed by atoms with Crippen molar-refractivity contribution in [2.75, 3.05) is 0 Å². The fraction of sp³-hybridized carbons (Fsp3) is 0.294. The van der Waals surface area contributed by atoms with Gasteiger partial charge in [-0.15, -0.1) is 0 Å². The number of halogens is 1. The van der Waals surface area contributed by atoms with Crippen molar-refractivity contribution in [3.8, 4) is 0 Å². The van der Waals surface area contributed by atoms with E-state index in [1.54, 1.807) is 0 Å². The first kappa shape index (κ1) is 14.1. The van der Waals surface area contributed by atoms with E-state index in [0.717, 1.165) is 10.6 Å². The zero-order valence-corrected chi connectivity index (χ0v) is 12.4. The van der Waals surface area contributed by atoms with Gasteiger partial charge < -0.3 is 5.32 Å². The van der Waals surface area contributed by atoms with Gasteiger partial charge in [0.25, 0.3) is 0 Å². The first-order valence-electron chi connectivity index (χ1n) is 6.65. The van der Waals surface area contributed by atoms with E-state index in [0.29, 0.717) is 6.04 Å². The summed E-state index contributed by atoms with van der Waals surface area (Å²) >= 11 is 6.24. The van der Waals surface area contributed by atoms with Crippen molar-refractivity contribution in [1.82, 2.24) is 5.32 Å². The molecule has 0 aliphatic carbocycles. The van der Waals surface area contributed by atoms with E-state index in [-0.39, 0.29) is 6.04 Å². The lowest BCUT2D eigenvalue weighted by atomic mass is 10.0. The summed E-state index contributed by atoms with van der Waals surface area (Å²) in [6, 6.07) is 17.0. The lowest BCUT2D eigenvalue weighted by Gasteiger charge is -2.22. The number of hydrogen-bond acceptors (Lipinski definition) is 1. The van der Waals surface area contributed by atoms with Gasteiger partial charge in [-0.1, -0.05) is 54.1 Å². The number of hydrogen-bond donors (Lipinski definition) is 1. The highest BCUT2D eigenvalue weighted by molar-refractivity contribution is 6.31. The molecule has 2 aromatic carbocycles. The van der Waals surface area contributed by atoms with Crippen molar-refractivity contribution in [3.05, 3.63) is 70.2 Å². The molecular formula is C17H20ClN. The predicted molar refractivity (Wildman–Crippen MR) is 82.6 cm³/mol. The van der Waals surface area contributed by atoms with E-state index in [1.165, 1.54) is 11.1 Å². The van der Waals surface area contributed by atoms with Crippen LogP contribution in [0.25, 0.3) is 0 Å². The molecule has 0 bridgehead atoms. The number of rotatable bonds is 4. The van der Waals surface area contributed by atoms with Crippen molar-refractivity contribution < 1.29 is 0 Å². The predicted octanol–water partition coefficient (Wildman–Crippen LogP) is 5.06. The van der Waals surface area contributed by atoms with Crippen LogP contribution in [0.5, 0.6) is 0 Å². The van der Waals surface area contributed by atoms with E-state index in [1.807, 2.05) is 18.2 Å². The molecule has 2 atom stereocenters. The Bertz CT molecular complexity index is 501. The molecular weight excluding hydrogens is 254 g/mol. The zero-order valence-electron chi connectivity index (χ0n) is 11.7. The average molecular weight is 274 g/mol. The molecule has 2 heteroatoms. The molecule has 0 radical (unpaired) electrons. The monoisotopic (exact) mass is 273 g/mol. The van der Waals surface area contributed by atoms with Gasteiger partial charge in [-0.3, -0.25) is 0 Å². The minimum Gasteiger partial charge on any atom is -0.304 e. The smallest absolute Gasteiger partial charge is 0.0453 e. The highest BCUT2D eigenvalue weighted by Crippen LogP contribution is 2.26. The number of aryl methyl sites for hydroxylation is 1. The van der Waals surface area contributed by atoms with Crippen LogP contribution < -0.4 is 5.32 Å². The van der Waals surface area contributed by atoms with E-state index >= 15 is 0 Å². The van der Waals surface area contributed by atoms with Crippen LogP contribution in [-0.2, 0) is 0 Å². The van der Waals surface area contributed by atoms with Gasteiger partial charge in [0.05, 0.1) is 0 Å². The van der Waals surface area contributed by atoms with Crippen molar-refractivity contribution in [1.29, 1.82) is 0 Å². The molecule has 0 aromatic heterocycles. The van der Waals surface area contributed by atoms with Gasteiger partial charge in [0.2, 0.25) is 0 Å². The molecule has 2 aromatic rings. The molecule has 1 N–H and O–H groups in total. The topological polar surface area (TPSA) is 12.0 Å². The average Bonchev–Trinajstić information content (AvgIpc) is 2.39. The first-order valence-corrected chi connectivity index (χ1v) is 7.03. The Hall–Kier alpha value is -1.31. The molecule has 0 amide bonds. The molecule has 2 rings (SSSR count). The molecule has 19 heavy (non-hydrogen) atoms. The lowest BCUT2D eigenvalue weighted by Crippen LogP contribution is -2.23. The molecule has 0 fully saturated rings. The number of benzene rings is 2. The third kappa shape index (κ3) is 3.37. The van der Waals surface area contributed by atoms with E-state index in [4.69, 9.17) is 11.6 Å². The Labute approximate surface area is 120 Å². The SMILES string of the molecule is Cc1ccccc1C(C)NC(C)c1ccccc1Cl. The molecule has 0 aliphatic heterocycles. The van der Waals surface area contributed by atoms with Crippen molar-refractivity contribution >= 4 is 11.6 Å². The highest BCUT2D eigenvalue weighted by atomic mass is 35.5. The maximum Gasteiger partial charge on any atom is 0.0453 e. The van der Waals surface area contributed by atoms with Gasteiger partial charge in [0.15, 0.2) is 0 Å². The van der Waals surface area contributed by atoms with Crippen LogP contribution in [0.3, 0.4) is 0 Å². The lowest BCUT2D eigenvalue weighted by molar-refractivity contribution is 0.493. The molecule has 0 saturated heterocycles. The van der Waals surface area contributed by atoms with Crippen LogP contribution in [-0.4, -0.2) is 0 Å². The number of nitrogens with one attached hydrogen (secondary N) is 1. The molecule has 2 unspecified atom stereocenters. The maximum absolute atomic E-state index is 6.24. The second-order valence-electron chi connectivity index (χ2n) is 4.99. The Balaban J connectivity index is 2.13. The van der Waals surface area contributed by atoms with Gasteiger partial charge in [-0.05, 0) is 43.5 Å². The van der Waals surface area contributed by atoms with Crippen LogP contribution in [0, 0.1) is 6.92 Å². The third-order valence-electron chi connectivity index (χ3n) is 3.53. The Morgan fingerprint density at radius 1 is 0.842 bits per heavy atom. The van der Waals surface area contributed by atoms with Gasteiger partial charge in [0.1, 0.15) is 0 Å². The van der Waals surface area contributed by atoms with Crippen molar-refractivity contribution in [2.24, 2.45) is 0 Å². The molecule has 100 valence electrons. The highest BCUT2D eigenvalue weighted by Gasteiger charge is 2.14. The Morgan fingerprint density at radius 2 is 1.37 bits per heavy atom. The Morgan fingerprint density at radius 3 is 2.00 bits per heavy atom. The van der Waals surface area contributed by atoms with Crippen molar-refractivity contribution in [3.63, 3.8) is 0 Å². The Kier molecular flexibility index (Phi) is 4.62. The largest absolute Gasteiger partial charge is 0.304 e. The molecule has 0 spiro atoms. The zero-order chi connectivity index (χ0) is 13.8. The molecule has 0 saturated carbocycles. The van der Waals surface area contributed by atoms with Gasteiger partial charge in [-0.2, -0.15) is 0 Å². The van der Waals surface area contributed by atoms with Crippen LogP contribution in [0.15, 0.2) is 48.5 Å². The van der Waals surface area contributed by atoms with Crippen LogP contribution in [0.4, 0.5) is 0 Å². The summed E-state index contributed by atoms with van der Waals surface area (Å²) in [4.78, 5) is 0. The van der Waals surface area contributed by atoms with Crippen LogP contribution in [0.2, 0.25) is 5.02 Å². The summed E-state index contributed by atoms with van der Waals surface area (Å²) < 4.78 is 0. The quantitative estimate of drug-likeness (QED) is 0.821. The van der Waals surface area contributed by atoms with E-state index in [2.05, 4.69) is 56.4 Å². The van der Waals surface area contributed by atoms with Gasteiger partial charge >= 0.3 is 0 Å². The normalized spacial score (nSPS) is 14.1. The standard InChI is InChI=1S/C17H20ClN/c1-12-8-4-5-9-15(12)13(2)19-14(3)16-10-6-7-11-17(16)18/h4-11,13-14,19H,1-3H3. The van der Waals surface area contributed by atoms with E-state index in [9.17, 15) is 0 Å². The third-order valence-corrected chi connectivity index (χ3v) is 3.87. The summed E-state index contributed by atoms with van der Waals surface area (Å²) in [6.07, 6.45) is 0. The summed E-state index contributed by atoms with van der Waals surface area (Å²) in [5.74, 6) is 0. The summed E-state index contributed by atoms with van der Waals surface area (Å²) in [6.45, 7) is 6.49. The van der Waals surface area contributed by atoms with Gasteiger partial charge in [0, 0.05) is 17.1 Å². The summed E-state index contributed by atoms with van der Waals surface area (Å²) in [5, 5.41) is 4.43. The van der Waals surface area contributed by atoms with Crippen molar-refractivity contribution in [2.45, 2.75) is 32.9 Å². The van der Waals surface area contributed by atoms with Crippen LogP contribution >= 0.6 is 11.6 Å². The maximum atomic E-state index is 6.24. The molecule has 0 aliphatic rings. The summed E-state index contributed by atoms with van der Waals surface area (Å²) in [7, 11) is 0. The first-order chi connectivity index (χ1) is 9.09.